The molecule has 6 aromatic rings. The van der Waals surface area contributed by atoms with Crippen LogP contribution in [0.5, 0.6) is 23.0 Å². The van der Waals surface area contributed by atoms with Gasteiger partial charge in [0.1, 0.15) is 18.1 Å². The molecule has 5 aromatic carbocycles. The summed E-state index contributed by atoms with van der Waals surface area (Å²) in [5, 5.41) is 26.5. The average Bonchev–Trinajstić information content (AvgIpc) is 3.85. The minimum Gasteiger partial charge on any atom is -0.496 e. The van der Waals surface area contributed by atoms with Gasteiger partial charge in [-0.3, -0.25) is 25.1 Å². The van der Waals surface area contributed by atoms with E-state index >= 15 is 0 Å². The lowest BCUT2D eigenvalue weighted by atomic mass is 9.94. The highest BCUT2D eigenvalue weighted by Crippen LogP contribution is 2.47. The van der Waals surface area contributed by atoms with E-state index in [9.17, 15) is 29.6 Å². The third-order valence-electron chi connectivity index (χ3n) is 10.1. The summed E-state index contributed by atoms with van der Waals surface area (Å²) in [5.41, 5.74) is 3.80. The SMILES string of the molecule is COc1cc([N+](=O)[O-])ccc1COC(=O)Nc1ccc(CN(C(=O)O)c2cc3c(c4ccccc24)C(CCl)CN3C(=O)c2cc3cc(OC)c(OC)c(OC)c3[nH]2)cc1. The number of amides is 3. The van der Waals surface area contributed by atoms with Gasteiger partial charge in [0, 0.05) is 46.4 Å². The Morgan fingerprint density at radius 1 is 0.915 bits per heavy atom. The Kier molecular flexibility index (Phi) is 11.3. The second-order valence-corrected chi connectivity index (χ2v) is 13.8. The van der Waals surface area contributed by atoms with Crippen LogP contribution in [0, 0.1) is 10.1 Å². The smallest absolute Gasteiger partial charge is 0.412 e. The number of ether oxygens (including phenoxy) is 5. The van der Waals surface area contributed by atoms with Crippen molar-refractivity contribution in [3.05, 3.63) is 117 Å². The molecule has 1 aliphatic rings. The van der Waals surface area contributed by atoms with Gasteiger partial charge in [0.15, 0.2) is 11.5 Å². The van der Waals surface area contributed by atoms with Crippen molar-refractivity contribution in [2.24, 2.45) is 0 Å². The summed E-state index contributed by atoms with van der Waals surface area (Å²) in [6, 6.07) is 23.1. The fraction of sp³-hybridized carbons (Fsp3) is 0.214. The highest BCUT2D eigenvalue weighted by atomic mass is 35.5. The fourth-order valence-corrected chi connectivity index (χ4v) is 7.62. The Bertz CT molecular complexity index is 2610. The van der Waals surface area contributed by atoms with Crippen LogP contribution in [-0.2, 0) is 17.9 Å². The van der Waals surface area contributed by atoms with Crippen molar-refractivity contribution in [2.75, 3.05) is 56.0 Å². The summed E-state index contributed by atoms with van der Waals surface area (Å²) in [4.78, 5) is 56.7. The first-order valence-corrected chi connectivity index (χ1v) is 18.6. The van der Waals surface area contributed by atoms with Crippen molar-refractivity contribution in [3.63, 3.8) is 0 Å². The van der Waals surface area contributed by atoms with E-state index in [1.807, 2.05) is 24.3 Å². The molecule has 17 heteroatoms. The topological polar surface area (TPSA) is 195 Å². The second kappa shape index (κ2) is 16.7. The summed E-state index contributed by atoms with van der Waals surface area (Å²) in [5.74, 6) is 0.995. The molecular formula is C42H38ClN5O11. The number of halogens is 1. The van der Waals surface area contributed by atoms with Crippen LogP contribution < -0.4 is 34.1 Å². The van der Waals surface area contributed by atoms with E-state index in [2.05, 4.69) is 10.3 Å². The second-order valence-electron chi connectivity index (χ2n) is 13.5. The number of carbonyl (C=O) groups is 3. The number of benzene rings is 5. The maximum Gasteiger partial charge on any atom is 0.412 e. The zero-order valence-electron chi connectivity index (χ0n) is 32.2. The molecule has 3 N–H and O–H groups in total. The molecule has 0 aliphatic carbocycles. The first kappa shape index (κ1) is 40.0. The molecule has 3 amide bonds. The quantitative estimate of drug-likeness (QED) is 0.0573. The van der Waals surface area contributed by atoms with Crippen molar-refractivity contribution >= 4 is 74.1 Å². The number of nitrogens with zero attached hydrogens (tertiary/aromatic N) is 3. The number of aromatic amines is 1. The predicted octanol–water partition coefficient (Wildman–Crippen LogP) is 8.68. The molecule has 16 nitrogen and oxygen atoms in total. The van der Waals surface area contributed by atoms with Crippen LogP contribution >= 0.6 is 11.6 Å². The summed E-state index contributed by atoms with van der Waals surface area (Å²) in [7, 11) is 5.86. The van der Waals surface area contributed by atoms with E-state index in [1.54, 1.807) is 47.4 Å². The molecule has 2 heterocycles. The van der Waals surface area contributed by atoms with E-state index in [4.69, 9.17) is 35.3 Å². The van der Waals surface area contributed by atoms with Crippen molar-refractivity contribution in [2.45, 2.75) is 19.1 Å². The van der Waals surface area contributed by atoms with Gasteiger partial charge in [-0.25, -0.2) is 9.59 Å². The van der Waals surface area contributed by atoms with E-state index in [-0.39, 0.29) is 54.5 Å². The number of alkyl halides is 1. The number of aromatic nitrogens is 1. The lowest BCUT2D eigenvalue weighted by Gasteiger charge is -2.25. The number of methoxy groups -OCH3 is 4. The van der Waals surface area contributed by atoms with Crippen molar-refractivity contribution in [1.82, 2.24) is 4.98 Å². The third-order valence-corrected chi connectivity index (χ3v) is 10.5. The monoisotopic (exact) mass is 823 g/mol. The largest absolute Gasteiger partial charge is 0.496 e. The lowest BCUT2D eigenvalue weighted by molar-refractivity contribution is -0.384. The predicted molar refractivity (Wildman–Crippen MR) is 221 cm³/mol. The summed E-state index contributed by atoms with van der Waals surface area (Å²) in [6.45, 7) is -0.0141. The minimum absolute atomic E-state index is 0.0683. The standard InChI is InChI=1S/C42H38ClN5O11/c1-55-34-17-28(48(53)54)14-11-24(34)22-59-41(50)44-27-12-9-23(10-13-27)20-47(42(51)52)32-18-33-36(30-8-6-5-7-29(30)32)26(19-43)21-46(33)40(49)31-15-25-16-35(56-2)38(57-3)39(58-4)37(25)45-31/h5-18,26,45H,19-22H2,1-4H3,(H,44,50)(H,51,52). The van der Waals surface area contributed by atoms with Crippen LogP contribution in [0.4, 0.5) is 32.3 Å². The number of nitro benzene ring substituents is 1. The maximum absolute atomic E-state index is 14.4. The van der Waals surface area contributed by atoms with Crippen LogP contribution in [0.25, 0.3) is 21.7 Å². The van der Waals surface area contributed by atoms with Gasteiger partial charge in [0.25, 0.3) is 11.6 Å². The first-order chi connectivity index (χ1) is 28.5. The normalized spacial score (nSPS) is 13.2. The van der Waals surface area contributed by atoms with E-state index in [0.717, 1.165) is 10.9 Å². The molecule has 59 heavy (non-hydrogen) atoms. The summed E-state index contributed by atoms with van der Waals surface area (Å²) >= 11 is 6.55. The number of anilines is 3. The molecule has 0 bridgehead atoms. The van der Waals surface area contributed by atoms with E-state index in [1.165, 1.54) is 51.5 Å². The Labute approximate surface area is 341 Å². The number of nitrogens with one attached hydrogen (secondary N) is 2. The zero-order chi connectivity index (χ0) is 42.0. The summed E-state index contributed by atoms with van der Waals surface area (Å²) < 4.78 is 27.2. The molecule has 0 saturated carbocycles. The highest BCUT2D eigenvalue weighted by Gasteiger charge is 2.37. The Hall–Kier alpha value is -7.20. The summed E-state index contributed by atoms with van der Waals surface area (Å²) in [6.07, 6.45) is -2.01. The molecule has 304 valence electrons. The van der Waals surface area contributed by atoms with Gasteiger partial charge in [-0.2, -0.15) is 0 Å². The zero-order valence-corrected chi connectivity index (χ0v) is 33.0. The molecule has 1 atom stereocenters. The number of fused-ring (bicyclic) bond motifs is 4. The number of non-ortho nitro benzene ring substituents is 1. The van der Waals surface area contributed by atoms with Crippen molar-refractivity contribution < 1.29 is 48.1 Å². The van der Waals surface area contributed by atoms with Crippen molar-refractivity contribution in [3.8, 4) is 23.0 Å². The molecule has 0 radical (unpaired) electrons. The number of hydrogen-bond acceptors (Lipinski definition) is 10. The third kappa shape index (κ3) is 7.64. The van der Waals surface area contributed by atoms with Crippen LogP contribution in [-0.4, -0.2) is 74.0 Å². The van der Waals surface area contributed by atoms with Crippen LogP contribution in [0.2, 0.25) is 0 Å². The molecule has 1 aliphatic heterocycles. The fourth-order valence-electron chi connectivity index (χ4n) is 7.37. The van der Waals surface area contributed by atoms with Crippen molar-refractivity contribution in [1.29, 1.82) is 0 Å². The number of carboxylic acid groups (broad SMARTS) is 1. The van der Waals surface area contributed by atoms with Gasteiger partial charge in [-0.15, -0.1) is 11.6 Å². The molecule has 1 unspecified atom stereocenters. The minimum atomic E-state index is -1.22. The Balaban J connectivity index is 1.15. The molecule has 7 rings (SSSR count). The highest BCUT2D eigenvalue weighted by molar-refractivity contribution is 6.20. The van der Waals surface area contributed by atoms with Gasteiger partial charge in [-0.05, 0) is 52.9 Å². The number of H-pyrrole nitrogens is 1. The molecule has 0 fully saturated rings. The van der Waals surface area contributed by atoms with Gasteiger partial charge in [0.05, 0.1) is 62.9 Å². The number of carbonyl (C=O) groups excluding carboxylic acids is 2. The average molecular weight is 824 g/mol. The number of hydrogen-bond donors (Lipinski definition) is 3. The number of rotatable bonds is 13. The molecular weight excluding hydrogens is 786 g/mol. The Morgan fingerprint density at radius 2 is 1.63 bits per heavy atom. The first-order valence-electron chi connectivity index (χ1n) is 18.1. The molecule has 0 spiro atoms. The van der Waals surface area contributed by atoms with Gasteiger partial charge >= 0.3 is 12.2 Å². The molecule has 1 aromatic heterocycles. The van der Waals surface area contributed by atoms with E-state index in [0.29, 0.717) is 61.7 Å². The van der Waals surface area contributed by atoms with Crippen LogP contribution in [0.1, 0.15) is 33.1 Å². The van der Waals surface area contributed by atoms with Gasteiger partial charge in [0.2, 0.25) is 5.75 Å². The van der Waals surface area contributed by atoms with Crippen LogP contribution in [0.3, 0.4) is 0 Å². The van der Waals surface area contributed by atoms with Gasteiger partial charge < -0.3 is 38.7 Å². The van der Waals surface area contributed by atoms with Crippen LogP contribution in [0.15, 0.2) is 84.9 Å². The number of nitro groups is 1. The van der Waals surface area contributed by atoms with Gasteiger partial charge in [-0.1, -0.05) is 36.4 Å². The lowest BCUT2D eigenvalue weighted by Crippen LogP contribution is -2.31. The Morgan fingerprint density at radius 3 is 2.27 bits per heavy atom. The molecule has 0 saturated heterocycles. The van der Waals surface area contributed by atoms with E-state index < -0.39 is 17.1 Å². The maximum atomic E-state index is 14.4.